The van der Waals surface area contributed by atoms with Crippen molar-refractivity contribution in [3.63, 3.8) is 0 Å². The summed E-state index contributed by atoms with van der Waals surface area (Å²) in [7, 11) is -3.75. The standard InChI is InChI=1S/C10H8ClNO2S2/c11-9-5-7(8-3-4-15-6-8)1-2-10(9)16(12,13)14/h1-6H,(H2,12,13,14). The molecule has 0 aliphatic rings. The second-order valence-corrected chi connectivity index (χ2v) is 5.92. The largest absolute Gasteiger partial charge is 0.239 e. The van der Waals surface area contributed by atoms with E-state index in [4.69, 9.17) is 16.7 Å². The Labute approximate surface area is 103 Å². The molecule has 0 saturated carbocycles. The first kappa shape index (κ1) is 11.6. The lowest BCUT2D eigenvalue weighted by molar-refractivity contribution is 0.598. The molecule has 0 saturated heterocycles. The number of halogens is 1. The smallest absolute Gasteiger partial charge is 0.225 e. The second kappa shape index (κ2) is 4.18. The summed E-state index contributed by atoms with van der Waals surface area (Å²) in [6, 6.07) is 6.65. The summed E-state index contributed by atoms with van der Waals surface area (Å²) in [5.41, 5.74) is 1.88. The molecule has 0 spiro atoms. The molecule has 1 heterocycles. The Morgan fingerprint density at radius 1 is 1.19 bits per heavy atom. The van der Waals surface area contributed by atoms with Crippen LogP contribution in [0.5, 0.6) is 0 Å². The molecular weight excluding hydrogens is 266 g/mol. The van der Waals surface area contributed by atoms with Gasteiger partial charge in [0.25, 0.3) is 0 Å². The highest BCUT2D eigenvalue weighted by molar-refractivity contribution is 7.89. The van der Waals surface area contributed by atoms with Crippen molar-refractivity contribution in [3.05, 3.63) is 40.0 Å². The number of nitrogens with two attached hydrogens (primary N) is 1. The molecule has 0 unspecified atom stereocenters. The Balaban J connectivity index is 2.53. The van der Waals surface area contributed by atoms with E-state index in [-0.39, 0.29) is 9.92 Å². The van der Waals surface area contributed by atoms with Gasteiger partial charge >= 0.3 is 0 Å². The summed E-state index contributed by atoms with van der Waals surface area (Å²) in [5, 5.41) is 9.06. The van der Waals surface area contributed by atoms with Crippen LogP contribution < -0.4 is 5.14 Å². The molecule has 3 nitrogen and oxygen atoms in total. The number of thiophene rings is 1. The van der Waals surface area contributed by atoms with E-state index >= 15 is 0 Å². The number of hydrogen-bond donors (Lipinski definition) is 1. The van der Waals surface area contributed by atoms with Crippen molar-refractivity contribution in [2.24, 2.45) is 5.14 Å². The molecule has 0 atom stereocenters. The van der Waals surface area contributed by atoms with Crippen LogP contribution in [0, 0.1) is 0 Å². The highest BCUT2D eigenvalue weighted by Gasteiger charge is 2.13. The quantitative estimate of drug-likeness (QED) is 0.914. The van der Waals surface area contributed by atoms with E-state index < -0.39 is 10.0 Å². The lowest BCUT2D eigenvalue weighted by atomic mass is 10.1. The van der Waals surface area contributed by atoms with Gasteiger partial charge in [0.2, 0.25) is 10.0 Å². The minimum Gasteiger partial charge on any atom is -0.225 e. The Kier molecular flexibility index (Phi) is 3.03. The zero-order chi connectivity index (χ0) is 11.8. The molecule has 0 amide bonds. The van der Waals surface area contributed by atoms with Crippen molar-refractivity contribution in [2.45, 2.75) is 4.90 Å². The summed E-state index contributed by atoms with van der Waals surface area (Å²) in [6.45, 7) is 0. The van der Waals surface area contributed by atoms with Crippen LogP contribution in [0.15, 0.2) is 39.9 Å². The zero-order valence-electron chi connectivity index (χ0n) is 8.05. The average Bonchev–Trinajstić information content (AvgIpc) is 2.68. The fourth-order valence-electron chi connectivity index (χ4n) is 1.34. The Bertz CT molecular complexity index is 606. The van der Waals surface area contributed by atoms with Crippen molar-refractivity contribution in [1.82, 2.24) is 0 Å². The van der Waals surface area contributed by atoms with Gasteiger partial charge in [-0.15, -0.1) is 0 Å². The molecule has 0 fully saturated rings. The van der Waals surface area contributed by atoms with E-state index in [1.165, 1.54) is 6.07 Å². The van der Waals surface area contributed by atoms with Gasteiger partial charge in [0.15, 0.2) is 0 Å². The third-order valence-corrected chi connectivity index (χ3v) is 4.17. The second-order valence-electron chi connectivity index (χ2n) is 3.20. The SMILES string of the molecule is NS(=O)(=O)c1ccc(-c2ccsc2)cc1Cl. The van der Waals surface area contributed by atoms with Crippen LogP contribution in [0.4, 0.5) is 0 Å². The van der Waals surface area contributed by atoms with E-state index in [2.05, 4.69) is 0 Å². The van der Waals surface area contributed by atoms with Gasteiger partial charge in [-0.3, -0.25) is 0 Å². The molecule has 0 aliphatic heterocycles. The predicted molar refractivity (Wildman–Crippen MR) is 66.1 cm³/mol. The van der Waals surface area contributed by atoms with Crippen LogP contribution in [-0.4, -0.2) is 8.42 Å². The van der Waals surface area contributed by atoms with Gasteiger partial charge < -0.3 is 0 Å². The first-order valence-corrected chi connectivity index (χ1v) is 7.20. The van der Waals surface area contributed by atoms with Crippen molar-refractivity contribution in [2.75, 3.05) is 0 Å². The van der Waals surface area contributed by atoms with Crippen LogP contribution >= 0.6 is 22.9 Å². The van der Waals surface area contributed by atoms with E-state index in [9.17, 15) is 8.42 Å². The highest BCUT2D eigenvalue weighted by atomic mass is 35.5. The zero-order valence-corrected chi connectivity index (χ0v) is 10.4. The lowest BCUT2D eigenvalue weighted by Crippen LogP contribution is -2.12. The Morgan fingerprint density at radius 2 is 1.94 bits per heavy atom. The predicted octanol–water partition coefficient (Wildman–Crippen LogP) is 2.72. The van der Waals surface area contributed by atoms with E-state index in [0.29, 0.717) is 0 Å². The number of primary sulfonamides is 1. The number of benzene rings is 1. The van der Waals surface area contributed by atoms with Crippen LogP contribution in [-0.2, 0) is 10.0 Å². The summed E-state index contributed by atoms with van der Waals surface area (Å²) in [4.78, 5) is -0.0480. The molecule has 1 aromatic carbocycles. The van der Waals surface area contributed by atoms with Crippen LogP contribution in [0.3, 0.4) is 0 Å². The summed E-state index contributed by atoms with van der Waals surface area (Å²) in [6.07, 6.45) is 0. The van der Waals surface area contributed by atoms with Gasteiger partial charge in [-0.1, -0.05) is 17.7 Å². The van der Waals surface area contributed by atoms with Gasteiger partial charge in [0.05, 0.1) is 5.02 Å². The molecule has 1 aromatic heterocycles. The minimum atomic E-state index is -3.75. The number of sulfonamides is 1. The molecule has 2 N–H and O–H groups in total. The molecular formula is C10H8ClNO2S2. The number of rotatable bonds is 2. The summed E-state index contributed by atoms with van der Waals surface area (Å²) in [5.74, 6) is 0. The summed E-state index contributed by atoms with van der Waals surface area (Å²) >= 11 is 7.44. The molecule has 6 heteroatoms. The van der Waals surface area contributed by atoms with Gasteiger partial charge in [0, 0.05) is 0 Å². The Morgan fingerprint density at radius 3 is 2.44 bits per heavy atom. The fourth-order valence-corrected chi connectivity index (χ4v) is 3.10. The van der Waals surface area contributed by atoms with Gasteiger partial charge in [-0.2, -0.15) is 11.3 Å². The first-order chi connectivity index (χ1) is 7.48. The minimum absolute atomic E-state index is 0.0480. The highest BCUT2D eigenvalue weighted by Crippen LogP contribution is 2.28. The Hall–Kier alpha value is -0.880. The maximum atomic E-state index is 11.1. The van der Waals surface area contributed by atoms with Crippen molar-refractivity contribution in [1.29, 1.82) is 0 Å². The van der Waals surface area contributed by atoms with E-state index in [1.54, 1.807) is 23.5 Å². The average molecular weight is 274 g/mol. The van der Waals surface area contributed by atoms with Crippen molar-refractivity contribution >= 4 is 33.0 Å². The molecule has 0 bridgehead atoms. The van der Waals surface area contributed by atoms with Crippen LogP contribution in [0.1, 0.15) is 0 Å². The van der Waals surface area contributed by atoms with Gasteiger partial charge in [-0.25, -0.2) is 13.6 Å². The first-order valence-electron chi connectivity index (χ1n) is 4.33. The molecule has 2 aromatic rings. The molecule has 2 rings (SSSR count). The third kappa shape index (κ3) is 2.27. The molecule has 0 radical (unpaired) electrons. The fraction of sp³-hybridized carbons (Fsp3) is 0. The normalized spacial score (nSPS) is 11.6. The van der Waals surface area contributed by atoms with Crippen molar-refractivity contribution < 1.29 is 8.42 Å². The summed E-state index contributed by atoms with van der Waals surface area (Å²) < 4.78 is 22.3. The number of hydrogen-bond acceptors (Lipinski definition) is 3. The maximum absolute atomic E-state index is 11.1. The lowest BCUT2D eigenvalue weighted by Gasteiger charge is -2.04. The monoisotopic (exact) mass is 273 g/mol. The van der Waals surface area contributed by atoms with Crippen LogP contribution in [0.25, 0.3) is 11.1 Å². The van der Waals surface area contributed by atoms with Gasteiger partial charge in [0.1, 0.15) is 4.90 Å². The van der Waals surface area contributed by atoms with Crippen molar-refractivity contribution in [3.8, 4) is 11.1 Å². The van der Waals surface area contributed by atoms with E-state index in [0.717, 1.165) is 11.1 Å². The van der Waals surface area contributed by atoms with Gasteiger partial charge in [-0.05, 0) is 40.1 Å². The molecule has 84 valence electrons. The van der Waals surface area contributed by atoms with E-state index in [1.807, 2.05) is 16.8 Å². The third-order valence-electron chi connectivity index (χ3n) is 2.09. The topological polar surface area (TPSA) is 60.2 Å². The van der Waals surface area contributed by atoms with Crippen LogP contribution in [0.2, 0.25) is 5.02 Å². The maximum Gasteiger partial charge on any atom is 0.239 e. The molecule has 0 aliphatic carbocycles. The molecule has 16 heavy (non-hydrogen) atoms.